The fourth-order valence-corrected chi connectivity index (χ4v) is 4.70. The van der Waals surface area contributed by atoms with Gasteiger partial charge < -0.3 is 10.4 Å². The number of hydrogen-bond acceptors (Lipinski definition) is 11. The van der Waals surface area contributed by atoms with Crippen molar-refractivity contribution in [2.45, 2.75) is 26.3 Å². The fraction of sp³-hybridized carbons (Fsp3) is 0.292. The maximum Gasteiger partial charge on any atom is 0.307 e. The van der Waals surface area contributed by atoms with Crippen LogP contribution in [0.2, 0.25) is 0 Å². The van der Waals surface area contributed by atoms with Gasteiger partial charge in [-0.25, -0.2) is 24.9 Å². The third-order valence-corrected chi connectivity index (χ3v) is 6.50. The second kappa shape index (κ2) is 10.7. The third-order valence-electron chi connectivity index (χ3n) is 5.70. The SMILES string of the molecule is Cc1cccc(-c2nccc(Nc3ccnc(Nc4nc(CN5CCC[C@@H](C(=O)O)C5)cs4)n3)n2)n1. The molecule has 1 aliphatic rings. The minimum Gasteiger partial charge on any atom is -0.481 e. The maximum atomic E-state index is 11.3. The minimum atomic E-state index is -0.726. The van der Waals surface area contributed by atoms with Crippen LogP contribution in [0, 0.1) is 12.8 Å². The Kier molecular flexibility index (Phi) is 7.05. The van der Waals surface area contributed by atoms with Gasteiger partial charge in [0.05, 0.1) is 11.6 Å². The number of nitrogens with one attached hydrogen (secondary N) is 2. The van der Waals surface area contributed by atoms with Gasteiger partial charge in [0.25, 0.3) is 0 Å². The lowest BCUT2D eigenvalue weighted by Crippen LogP contribution is -2.38. The molecule has 0 radical (unpaired) electrons. The number of nitrogens with zero attached hydrogens (tertiary/aromatic N) is 7. The van der Waals surface area contributed by atoms with Crippen molar-refractivity contribution < 1.29 is 9.90 Å². The van der Waals surface area contributed by atoms with E-state index in [0.717, 1.165) is 30.8 Å². The number of carboxylic acids is 1. The van der Waals surface area contributed by atoms with Gasteiger partial charge in [0.1, 0.15) is 17.3 Å². The van der Waals surface area contributed by atoms with Crippen molar-refractivity contribution in [1.82, 2.24) is 34.8 Å². The summed E-state index contributed by atoms with van der Waals surface area (Å²) in [6.07, 6.45) is 4.94. The highest BCUT2D eigenvalue weighted by atomic mass is 32.1. The van der Waals surface area contributed by atoms with Crippen LogP contribution in [-0.2, 0) is 11.3 Å². The van der Waals surface area contributed by atoms with E-state index in [9.17, 15) is 9.90 Å². The molecule has 0 aliphatic carbocycles. The van der Waals surface area contributed by atoms with Crippen LogP contribution < -0.4 is 10.6 Å². The smallest absolute Gasteiger partial charge is 0.307 e. The van der Waals surface area contributed by atoms with Gasteiger partial charge in [-0.2, -0.15) is 4.98 Å². The first-order chi connectivity index (χ1) is 17.5. The normalized spacial score (nSPS) is 16.0. The van der Waals surface area contributed by atoms with E-state index in [0.29, 0.717) is 47.3 Å². The summed E-state index contributed by atoms with van der Waals surface area (Å²) >= 11 is 1.46. The third kappa shape index (κ3) is 5.96. The highest BCUT2D eigenvalue weighted by molar-refractivity contribution is 7.13. The van der Waals surface area contributed by atoms with Gasteiger partial charge in [-0.05, 0) is 50.6 Å². The lowest BCUT2D eigenvalue weighted by atomic mass is 9.98. The number of likely N-dealkylation sites (tertiary alicyclic amines) is 1. The zero-order valence-corrected chi connectivity index (χ0v) is 20.4. The second-order valence-electron chi connectivity index (χ2n) is 8.50. The van der Waals surface area contributed by atoms with Gasteiger partial charge in [-0.3, -0.25) is 15.0 Å². The second-order valence-corrected chi connectivity index (χ2v) is 9.36. The molecule has 0 amide bonds. The molecule has 0 saturated carbocycles. The monoisotopic (exact) mass is 503 g/mol. The molecule has 0 unspecified atom stereocenters. The van der Waals surface area contributed by atoms with Crippen molar-refractivity contribution in [3.05, 3.63) is 59.5 Å². The van der Waals surface area contributed by atoms with Crippen LogP contribution in [0.25, 0.3) is 11.5 Å². The summed E-state index contributed by atoms with van der Waals surface area (Å²) in [4.78, 5) is 40.2. The number of thiazole rings is 1. The molecular formula is C24H25N9O2S. The Bertz CT molecular complexity index is 1360. The number of piperidine rings is 1. The maximum absolute atomic E-state index is 11.3. The van der Waals surface area contributed by atoms with E-state index in [2.05, 4.69) is 45.4 Å². The molecule has 1 aliphatic heterocycles. The quantitative estimate of drug-likeness (QED) is 0.322. The number of hydrogen-bond donors (Lipinski definition) is 3. The van der Waals surface area contributed by atoms with Crippen LogP contribution in [0.4, 0.5) is 22.7 Å². The first kappa shape index (κ1) is 23.7. The van der Waals surface area contributed by atoms with Crippen LogP contribution in [0.5, 0.6) is 0 Å². The standard InChI is InChI=1S/C24H25N9O2S/c1-15-4-2-6-18(27-15)21-25-9-7-19(30-21)29-20-8-10-26-23(31-20)32-24-28-17(14-36-24)13-33-11-3-5-16(12-33)22(34)35/h2,4,6-10,14,16H,3,5,11-13H2,1H3,(H,34,35)(H2,25,26,28,29,30,31,32)/t16-/m1/s1. The van der Waals surface area contributed by atoms with Crippen LogP contribution in [0.3, 0.4) is 0 Å². The summed E-state index contributed by atoms with van der Waals surface area (Å²) in [6, 6.07) is 9.23. The minimum absolute atomic E-state index is 0.308. The van der Waals surface area contributed by atoms with Crippen molar-refractivity contribution in [2.75, 3.05) is 23.7 Å². The Balaban J connectivity index is 1.22. The molecule has 0 bridgehead atoms. The molecule has 0 aromatic carbocycles. The number of rotatable bonds is 8. The Morgan fingerprint density at radius 2 is 1.92 bits per heavy atom. The topological polar surface area (TPSA) is 142 Å². The van der Waals surface area contributed by atoms with Crippen molar-refractivity contribution in [2.24, 2.45) is 5.92 Å². The van der Waals surface area contributed by atoms with Crippen molar-refractivity contribution in [3.8, 4) is 11.5 Å². The number of carboxylic acid groups (broad SMARTS) is 1. The first-order valence-corrected chi connectivity index (χ1v) is 12.4. The van der Waals surface area contributed by atoms with Gasteiger partial charge in [0, 0.05) is 36.6 Å². The van der Waals surface area contributed by atoms with Gasteiger partial charge in [-0.1, -0.05) is 6.07 Å². The molecule has 1 saturated heterocycles. The van der Waals surface area contributed by atoms with E-state index < -0.39 is 5.97 Å². The molecule has 184 valence electrons. The van der Waals surface area contributed by atoms with Crippen LogP contribution in [0.1, 0.15) is 24.2 Å². The van der Waals surface area contributed by atoms with E-state index in [4.69, 9.17) is 0 Å². The zero-order chi connectivity index (χ0) is 24.9. The summed E-state index contributed by atoms with van der Waals surface area (Å²) in [5.41, 5.74) is 2.49. The van der Waals surface area contributed by atoms with E-state index in [1.807, 2.05) is 30.5 Å². The van der Waals surface area contributed by atoms with Crippen LogP contribution >= 0.6 is 11.3 Å². The molecule has 4 aromatic heterocycles. The molecule has 12 heteroatoms. The van der Waals surface area contributed by atoms with E-state index in [-0.39, 0.29) is 5.92 Å². The Labute approximate surface area is 211 Å². The van der Waals surface area contributed by atoms with Gasteiger partial charge in [-0.15, -0.1) is 11.3 Å². The predicted molar refractivity (Wildman–Crippen MR) is 136 cm³/mol. The Hall–Kier alpha value is -4.03. The molecular weight excluding hydrogens is 478 g/mol. The molecule has 3 N–H and O–H groups in total. The molecule has 11 nitrogen and oxygen atoms in total. The molecule has 36 heavy (non-hydrogen) atoms. The molecule has 1 fully saturated rings. The Morgan fingerprint density at radius 3 is 2.75 bits per heavy atom. The van der Waals surface area contributed by atoms with Crippen molar-refractivity contribution in [3.63, 3.8) is 0 Å². The molecule has 5 heterocycles. The average molecular weight is 504 g/mol. The van der Waals surface area contributed by atoms with E-state index in [1.54, 1.807) is 24.5 Å². The molecule has 4 aromatic rings. The number of pyridine rings is 1. The molecule has 1 atom stereocenters. The molecule has 5 rings (SSSR count). The summed E-state index contributed by atoms with van der Waals surface area (Å²) in [5, 5.41) is 18.3. The number of aliphatic carboxylic acids is 1. The van der Waals surface area contributed by atoms with E-state index in [1.165, 1.54) is 11.3 Å². The van der Waals surface area contributed by atoms with Crippen LogP contribution in [0.15, 0.2) is 48.1 Å². The van der Waals surface area contributed by atoms with Crippen LogP contribution in [-0.4, -0.2) is 59.0 Å². The van der Waals surface area contributed by atoms with Gasteiger partial charge in [0.2, 0.25) is 5.95 Å². The average Bonchev–Trinajstić information content (AvgIpc) is 3.31. The fourth-order valence-electron chi connectivity index (χ4n) is 4.00. The highest BCUT2D eigenvalue weighted by Gasteiger charge is 2.25. The number of carbonyl (C=O) groups is 1. The summed E-state index contributed by atoms with van der Waals surface area (Å²) in [7, 11) is 0. The summed E-state index contributed by atoms with van der Waals surface area (Å²) in [5.74, 6) is 1.05. The Morgan fingerprint density at radius 1 is 1.08 bits per heavy atom. The van der Waals surface area contributed by atoms with Gasteiger partial charge in [0.15, 0.2) is 11.0 Å². The van der Waals surface area contributed by atoms with Gasteiger partial charge >= 0.3 is 5.97 Å². The molecule has 0 spiro atoms. The van der Waals surface area contributed by atoms with E-state index >= 15 is 0 Å². The number of aryl methyl sites for hydroxylation is 1. The number of aromatic nitrogens is 6. The predicted octanol–water partition coefficient (Wildman–Crippen LogP) is 3.88. The first-order valence-electron chi connectivity index (χ1n) is 11.6. The number of anilines is 4. The van der Waals surface area contributed by atoms with Crippen molar-refractivity contribution >= 4 is 40.0 Å². The summed E-state index contributed by atoms with van der Waals surface area (Å²) in [6.45, 7) is 3.98. The van der Waals surface area contributed by atoms with Crippen molar-refractivity contribution in [1.29, 1.82) is 0 Å². The highest BCUT2D eigenvalue weighted by Crippen LogP contribution is 2.24. The lowest BCUT2D eigenvalue weighted by Gasteiger charge is -2.29. The summed E-state index contributed by atoms with van der Waals surface area (Å²) < 4.78 is 0. The largest absolute Gasteiger partial charge is 0.481 e. The lowest BCUT2D eigenvalue weighted by molar-refractivity contribution is -0.143. The zero-order valence-electron chi connectivity index (χ0n) is 19.6.